The number of nitrogens with zero attached hydrogens (tertiary/aromatic N) is 1. The topological polar surface area (TPSA) is 15.3 Å². The summed E-state index contributed by atoms with van der Waals surface area (Å²) in [5.41, 5.74) is 0. The fourth-order valence-corrected chi connectivity index (χ4v) is 3.12. The molecule has 0 aliphatic heterocycles. The van der Waals surface area contributed by atoms with Crippen LogP contribution in [0.25, 0.3) is 0 Å². The van der Waals surface area contributed by atoms with Gasteiger partial charge in [-0.05, 0) is 38.6 Å². The van der Waals surface area contributed by atoms with Crippen LogP contribution in [0.1, 0.15) is 38.5 Å². The van der Waals surface area contributed by atoms with Crippen LogP contribution in [-0.2, 0) is 0 Å². The van der Waals surface area contributed by atoms with Gasteiger partial charge in [0, 0.05) is 18.6 Å². The second kappa shape index (κ2) is 5.78. The van der Waals surface area contributed by atoms with Crippen molar-refractivity contribution in [1.82, 2.24) is 10.2 Å². The summed E-state index contributed by atoms with van der Waals surface area (Å²) in [5.74, 6) is 0.381. The third-order valence-corrected chi connectivity index (χ3v) is 4.19. The van der Waals surface area contributed by atoms with Crippen LogP contribution >= 0.6 is 0 Å². The second-order valence-electron chi connectivity index (χ2n) is 5.72. The van der Waals surface area contributed by atoms with E-state index in [-0.39, 0.29) is 6.04 Å². The van der Waals surface area contributed by atoms with E-state index >= 15 is 0 Å². The molecule has 0 aromatic rings. The van der Waals surface area contributed by atoms with Crippen molar-refractivity contribution in [2.24, 2.45) is 5.92 Å². The maximum Gasteiger partial charge on any atom is 0.401 e. The first-order valence-electron chi connectivity index (χ1n) is 6.97. The van der Waals surface area contributed by atoms with E-state index in [0.29, 0.717) is 18.5 Å². The van der Waals surface area contributed by atoms with Gasteiger partial charge in [0.15, 0.2) is 0 Å². The SMILES string of the molecule is CNC1CCCCC1CN(CC(F)(F)F)C1CC1. The van der Waals surface area contributed by atoms with Crippen molar-refractivity contribution in [3.8, 4) is 0 Å². The first-order chi connectivity index (χ1) is 8.49. The lowest BCUT2D eigenvalue weighted by molar-refractivity contribution is -0.149. The maximum atomic E-state index is 12.6. The summed E-state index contributed by atoms with van der Waals surface area (Å²) in [6.45, 7) is -0.125. The van der Waals surface area contributed by atoms with Crippen molar-refractivity contribution in [2.75, 3.05) is 20.1 Å². The van der Waals surface area contributed by atoms with Crippen LogP contribution in [0.2, 0.25) is 0 Å². The molecule has 0 heterocycles. The third kappa shape index (κ3) is 4.12. The molecule has 5 heteroatoms. The Labute approximate surface area is 107 Å². The first-order valence-corrected chi connectivity index (χ1v) is 6.97. The van der Waals surface area contributed by atoms with E-state index in [1.807, 2.05) is 7.05 Å². The summed E-state index contributed by atoms with van der Waals surface area (Å²) in [5, 5.41) is 3.27. The van der Waals surface area contributed by atoms with Crippen molar-refractivity contribution in [3.63, 3.8) is 0 Å². The van der Waals surface area contributed by atoms with Crippen molar-refractivity contribution in [2.45, 2.75) is 56.8 Å². The zero-order valence-corrected chi connectivity index (χ0v) is 11.0. The molecule has 2 fully saturated rings. The molecular weight excluding hydrogens is 241 g/mol. The quantitative estimate of drug-likeness (QED) is 0.821. The molecule has 2 nitrogen and oxygen atoms in total. The van der Waals surface area contributed by atoms with E-state index in [1.165, 1.54) is 6.42 Å². The Kier molecular flexibility index (Phi) is 4.54. The normalized spacial score (nSPS) is 29.8. The highest BCUT2D eigenvalue weighted by molar-refractivity contribution is 4.90. The molecule has 2 unspecified atom stereocenters. The number of alkyl halides is 3. The number of nitrogens with one attached hydrogen (secondary N) is 1. The van der Waals surface area contributed by atoms with Gasteiger partial charge in [0.25, 0.3) is 0 Å². The van der Waals surface area contributed by atoms with Gasteiger partial charge in [-0.25, -0.2) is 0 Å². The van der Waals surface area contributed by atoms with Gasteiger partial charge in [-0.15, -0.1) is 0 Å². The summed E-state index contributed by atoms with van der Waals surface area (Å²) >= 11 is 0. The van der Waals surface area contributed by atoms with Crippen LogP contribution in [-0.4, -0.2) is 43.3 Å². The van der Waals surface area contributed by atoms with Crippen LogP contribution < -0.4 is 5.32 Å². The van der Waals surface area contributed by atoms with Crippen LogP contribution in [0.3, 0.4) is 0 Å². The molecule has 1 N–H and O–H groups in total. The smallest absolute Gasteiger partial charge is 0.317 e. The van der Waals surface area contributed by atoms with E-state index in [0.717, 1.165) is 32.1 Å². The van der Waals surface area contributed by atoms with Crippen molar-refractivity contribution < 1.29 is 13.2 Å². The Bertz CT molecular complexity index is 263. The summed E-state index contributed by atoms with van der Waals surface area (Å²) in [4.78, 5) is 1.67. The molecule has 2 rings (SSSR count). The molecule has 0 bridgehead atoms. The van der Waals surface area contributed by atoms with Gasteiger partial charge >= 0.3 is 6.18 Å². The second-order valence-corrected chi connectivity index (χ2v) is 5.72. The van der Waals surface area contributed by atoms with E-state index in [1.54, 1.807) is 4.90 Å². The monoisotopic (exact) mass is 264 g/mol. The van der Waals surface area contributed by atoms with Gasteiger partial charge in [-0.1, -0.05) is 12.8 Å². The number of rotatable bonds is 5. The van der Waals surface area contributed by atoms with Crippen molar-refractivity contribution in [3.05, 3.63) is 0 Å². The van der Waals surface area contributed by atoms with Gasteiger partial charge in [-0.2, -0.15) is 13.2 Å². The Morgan fingerprint density at radius 3 is 2.33 bits per heavy atom. The lowest BCUT2D eigenvalue weighted by Gasteiger charge is -2.35. The largest absolute Gasteiger partial charge is 0.401 e. The molecule has 0 aromatic heterocycles. The van der Waals surface area contributed by atoms with Gasteiger partial charge in [0.1, 0.15) is 0 Å². The maximum absolute atomic E-state index is 12.6. The molecule has 0 radical (unpaired) electrons. The predicted molar refractivity (Wildman–Crippen MR) is 65.5 cm³/mol. The number of halogens is 3. The van der Waals surface area contributed by atoms with E-state index in [2.05, 4.69) is 5.32 Å². The molecule has 2 aliphatic rings. The molecule has 2 atom stereocenters. The van der Waals surface area contributed by atoms with Crippen molar-refractivity contribution >= 4 is 0 Å². The molecule has 2 saturated carbocycles. The fourth-order valence-electron chi connectivity index (χ4n) is 3.12. The highest BCUT2D eigenvalue weighted by Gasteiger charge is 2.39. The Morgan fingerprint density at radius 2 is 1.78 bits per heavy atom. The number of hydrogen-bond donors (Lipinski definition) is 1. The Morgan fingerprint density at radius 1 is 1.11 bits per heavy atom. The minimum atomic E-state index is -4.06. The summed E-state index contributed by atoms with van der Waals surface area (Å²) in [6.07, 6.45) is 2.34. The molecule has 106 valence electrons. The lowest BCUT2D eigenvalue weighted by Crippen LogP contribution is -2.46. The Balaban J connectivity index is 1.90. The molecule has 0 aromatic carbocycles. The molecule has 0 spiro atoms. The van der Waals surface area contributed by atoms with Crippen LogP contribution in [0.5, 0.6) is 0 Å². The lowest BCUT2D eigenvalue weighted by atomic mass is 9.84. The van der Waals surface area contributed by atoms with Crippen LogP contribution in [0.15, 0.2) is 0 Å². The van der Waals surface area contributed by atoms with Crippen molar-refractivity contribution in [1.29, 1.82) is 0 Å². The Hall–Kier alpha value is -0.290. The first kappa shape index (κ1) is 14.1. The van der Waals surface area contributed by atoms with E-state index in [4.69, 9.17) is 0 Å². The zero-order chi connectivity index (χ0) is 13.2. The fraction of sp³-hybridized carbons (Fsp3) is 1.00. The van der Waals surface area contributed by atoms with Gasteiger partial charge in [0.05, 0.1) is 6.54 Å². The zero-order valence-electron chi connectivity index (χ0n) is 11.0. The molecular formula is C13H23F3N2. The minimum absolute atomic E-state index is 0.186. The van der Waals surface area contributed by atoms with E-state index in [9.17, 15) is 13.2 Å². The van der Waals surface area contributed by atoms with Crippen LogP contribution in [0, 0.1) is 5.92 Å². The van der Waals surface area contributed by atoms with Gasteiger partial charge in [-0.3, -0.25) is 4.90 Å². The van der Waals surface area contributed by atoms with Crippen LogP contribution in [0.4, 0.5) is 13.2 Å². The van der Waals surface area contributed by atoms with Gasteiger partial charge < -0.3 is 5.32 Å². The molecule has 0 saturated heterocycles. The highest BCUT2D eigenvalue weighted by atomic mass is 19.4. The molecule has 0 amide bonds. The standard InChI is InChI=1S/C13H23F3N2/c1-17-12-5-3-2-4-10(12)8-18(11-6-7-11)9-13(14,15)16/h10-12,17H,2-9H2,1H3. The van der Waals surface area contributed by atoms with E-state index < -0.39 is 12.7 Å². The summed E-state index contributed by atoms with van der Waals surface area (Å²) in [7, 11) is 1.92. The molecule has 2 aliphatic carbocycles. The minimum Gasteiger partial charge on any atom is -0.317 e. The van der Waals surface area contributed by atoms with Gasteiger partial charge in [0.2, 0.25) is 0 Å². The highest BCUT2D eigenvalue weighted by Crippen LogP contribution is 2.33. The average Bonchev–Trinajstić information content (AvgIpc) is 3.11. The summed E-state index contributed by atoms with van der Waals surface area (Å²) < 4.78 is 37.7. The average molecular weight is 264 g/mol. The molecule has 18 heavy (non-hydrogen) atoms. The number of hydrogen-bond acceptors (Lipinski definition) is 2. The third-order valence-electron chi connectivity index (χ3n) is 4.19. The predicted octanol–water partition coefficient (Wildman–Crippen LogP) is 2.79. The summed E-state index contributed by atoms with van der Waals surface area (Å²) in [6, 6.07) is 0.583.